The number of ether oxygens (including phenoxy) is 1. The summed E-state index contributed by atoms with van der Waals surface area (Å²) < 4.78 is 5.54. The molecule has 0 aromatic heterocycles. The number of nitrogens with one attached hydrogen (secondary N) is 1. The van der Waals surface area contributed by atoms with Gasteiger partial charge in [-0.15, -0.1) is 0 Å². The fourth-order valence-corrected chi connectivity index (χ4v) is 2.89. The van der Waals surface area contributed by atoms with Crippen LogP contribution in [0.25, 0.3) is 0 Å². The molecule has 3 N–H and O–H groups in total. The van der Waals surface area contributed by atoms with Crippen molar-refractivity contribution in [2.45, 2.75) is 52.0 Å². The van der Waals surface area contributed by atoms with E-state index in [0.717, 1.165) is 23.0 Å². The van der Waals surface area contributed by atoms with Crippen LogP contribution >= 0.6 is 0 Å². The molecule has 0 spiro atoms. The Bertz CT molecular complexity index is 398. The SMILES string of the molecule is CCOc1cccc(NC2CCC(CC)CC2)c1N. The van der Waals surface area contributed by atoms with Crippen LogP contribution in [0, 0.1) is 5.92 Å². The fourth-order valence-electron chi connectivity index (χ4n) is 2.89. The second kappa shape index (κ2) is 6.69. The molecule has 0 radical (unpaired) electrons. The van der Waals surface area contributed by atoms with Crippen LogP contribution in [0.4, 0.5) is 11.4 Å². The van der Waals surface area contributed by atoms with E-state index in [9.17, 15) is 0 Å². The first kappa shape index (κ1) is 14.0. The maximum atomic E-state index is 6.15. The minimum absolute atomic E-state index is 0.557. The van der Waals surface area contributed by atoms with Gasteiger partial charge in [0.2, 0.25) is 0 Å². The van der Waals surface area contributed by atoms with E-state index in [1.54, 1.807) is 0 Å². The summed E-state index contributed by atoms with van der Waals surface area (Å²) in [4.78, 5) is 0. The molecule has 0 atom stereocenters. The average Bonchev–Trinajstić information content (AvgIpc) is 2.44. The molecule has 1 aromatic carbocycles. The summed E-state index contributed by atoms with van der Waals surface area (Å²) in [6, 6.07) is 6.53. The number of hydrogen-bond donors (Lipinski definition) is 2. The molecule has 0 unspecified atom stereocenters. The van der Waals surface area contributed by atoms with Crippen molar-refractivity contribution < 1.29 is 4.74 Å². The molecule has 1 aromatic rings. The first-order valence-electron chi connectivity index (χ1n) is 7.52. The van der Waals surface area contributed by atoms with Crippen molar-refractivity contribution in [3.63, 3.8) is 0 Å². The van der Waals surface area contributed by atoms with Crippen molar-refractivity contribution in [3.05, 3.63) is 18.2 Å². The Morgan fingerprint density at radius 3 is 2.58 bits per heavy atom. The highest BCUT2D eigenvalue weighted by molar-refractivity contribution is 5.73. The predicted molar refractivity (Wildman–Crippen MR) is 81.7 cm³/mol. The third kappa shape index (κ3) is 3.55. The highest BCUT2D eigenvalue weighted by Crippen LogP contribution is 2.33. The van der Waals surface area contributed by atoms with E-state index < -0.39 is 0 Å². The number of anilines is 2. The topological polar surface area (TPSA) is 47.3 Å². The fraction of sp³-hybridized carbons (Fsp3) is 0.625. The second-order valence-electron chi connectivity index (χ2n) is 5.42. The van der Waals surface area contributed by atoms with E-state index in [1.807, 2.05) is 25.1 Å². The summed E-state index contributed by atoms with van der Waals surface area (Å²) in [7, 11) is 0. The first-order valence-corrected chi connectivity index (χ1v) is 7.52. The Hall–Kier alpha value is -1.38. The van der Waals surface area contributed by atoms with Gasteiger partial charge in [0.15, 0.2) is 0 Å². The monoisotopic (exact) mass is 262 g/mol. The summed E-state index contributed by atoms with van der Waals surface area (Å²) in [6.07, 6.45) is 6.47. The van der Waals surface area contributed by atoms with Gasteiger partial charge in [-0.1, -0.05) is 19.4 Å². The molecule has 1 saturated carbocycles. The van der Waals surface area contributed by atoms with Gasteiger partial charge in [-0.05, 0) is 50.7 Å². The van der Waals surface area contributed by atoms with Crippen molar-refractivity contribution in [3.8, 4) is 5.75 Å². The van der Waals surface area contributed by atoms with Gasteiger partial charge in [0.1, 0.15) is 5.75 Å². The van der Waals surface area contributed by atoms with Gasteiger partial charge in [0.25, 0.3) is 0 Å². The van der Waals surface area contributed by atoms with Crippen LogP contribution in [0.3, 0.4) is 0 Å². The number of nitrogens with two attached hydrogens (primary N) is 1. The Morgan fingerprint density at radius 2 is 1.95 bits per heavy atom. The van der Waals surface area contributed by atoms with Crippen LogP contribution in [-0.4, -0.2) is 12.6 Å². The van der Waals surface area contributed by atoms with Crippen LogP contribution in [0.2, 0.25) is 0 Å². The summed E-state index contributed by atoms with van der Waals surface area (Å²) in [5, 5.41) is 3.59. The van der Waals surface area contributed by atoms with E-state index in [-0.39, 0.29) is 0 Å². The average molecular weight is 262 g/mol. The minimum atomic E-state index is 0.557. The van der Waals surface area contributed by atoms with Crippen molar-refractivity contribution in [2.24, 2.45) is 5.92 Å². The lowest BCUT2D eigenvalue weighted by atomic mass is 9.84. The molecular weight excluding hydrogens is 236 g/mol. The maximum absolute atomic E-state index is 6.15. The van der Waals surface area contributed by atoms with Gasteiger partial charge in [0, 0.05) is 6.04 Å². The standard InChI is InChI=1S/C16H26N2O/c1-3-12-8-10-13(11-9-12)18-14-6-5-7-15(16(14)17)19-4-2/h5-7,12-13,18H,3-4,8-11,17H2,1-2H3. The molecule has 1 aliphatic carbocycles. The van der Waals surface area contributed by atoms with Crippen molar-refractivity contribution in [1.82, 2.24) is 0 Å². The summed E-state index contributed by atoms with van der Waals surface area (Å²) in [5.41, 5.74) is 7.91. The Balaban J connectivity index is 1.98. The zero-order valence-electron chi connectivity index (χ0n) is 12.1. The van der Waals surface area contributed by atoms with Crippen molar-refractivity contribution >= 4 is 11.4 Å². The third-order valence-corrected chi connectivity index (χ3v) is 4.15. The van der Waals surface area contributed by atoms with E-state index in [2.05, 4.69) is 12.2 Å². The van der Waals surface area contributed by atoms with Crippen LogP contribution in [-0.2, 0) is 0 Å². The molecule has 0 bridgehead atoms. The van der Waals surface area contributed by atoms with Gasteiger partial charge in [0.05, 0.1) is 18.0 Å². The van der Waals surface area contributed by atoms with E-state index in [1.165, 1.54) is 32.1 Å². The van der Waals surface area contributed by atoms with Crippen LogP contribution < -0.4 is 15.8 Å². The van der Waals surface area contributed by atoms with Crippen LogP contribution in [0.15, 0.2) is 18.2 Å². The number of hydrogen-bond acceptors (Lipinski definition) is 3. The molecule has 0 heterocycles. The molecule has 0 aliphatic heterocycles. The molecule has 1 fully saturated rings. The summed E-state index contributed by atoms with van der Waals surface area (Å²) in [5.74, 6) is 1.71. The predicted octanol–water partition coefficient (Wildman–Crippen LogP) is 4.05. The largest absolute Gasteiger partial charge is 0.492 e. The zero-order chi connectivity index (χ0) is 13.7. The van der Waals surface area contributed by atoms with Gasteiger partial charge < -0.3 is 15.8 Å². The van der Waals surface area contributed by atoms with E-state index in [4.69, 9.17) is 10.5 Å². The molecule has 0 amide bonds. The number of nitrogen functional groups attached to an aromatic ring is 1. The summed E-state index contributed by atoms with van der Waals surface area (Å²) >= 11 is 0. The molecule has 106 valence electrons. The summed E-state index contributed by atoms with van der Waals surface area (Å²) in [6.45, 7) is 4.92. The molecule has 3 heteroatoms. The molecule has 19 heavy (non-hydrogen) atoms. The lowest BCUT2D eigenvalue weighted by Gasteiger charge is -2.29. The van der Waals surface area contributed by atoms with E-state index >= 15 is 0 Å². The first-order chi connectivity index (χ1) is 9.24. The van der Waals surface area contributed by atoms with Crippen LogP contribution in [0.1, 0.15) is 46.0 Å². The third-order valence-electron chi connectivity index (χ3n) is 4.15. The van der Waals surface area contributed by atoms with Gasteiger partial charge >= 0.3 is 0 Å². The van der Waals surface area contributed by atoms with Gasteiger partial charge in [-0.25, -0.2) is 0 Å². The zero-order valence-corrected chi connectivity index (χ0v) is 12.1. The Labute approximate surface area is 116 Å². The number of para-hydroxylation sites is 1. The van der Waals surface area contributed by atoms with Gasteiger partial charge in [-0.3, -0.25) is 0 Å². The Morgan fingerprint density at radius 1 is 1.21 bits per heavy atom. The number of benzene rings is 1. The second-order valence-corrected chi connectivity index (χ2v) is 5.42. The highest BCUT2D eigenvalue weighted by atomic mass is 16.5. The van der Waals surface area contributed by atoms with Crippen molar-refractivity contribution in [1.29, 1.82) is 0 Å². The normalized spacial score (nSPS) is 23.1. The van der Waals surface area contributed by atoms with Gasteiger partial charge in [-0.2, -0.15) is 0 Å². The smallest absolute Gasteiger partial charge is 0.144 e. The van der Waals surface area contributed by atoms with Crippen molar-refractivity contribution in [2.75, 3.05) is 17.7 Å². The lowest BCUT2D eigenvalue weighted by Crippen LogP contribution is -2.26. The van der Waals surface area contributed by atoms with Crippen LogP contribution in [0.5, 0.6) is 5.75 Å². The molecule has 3 nitrogen and oxygen atoms in total. The molecule has 0 saturated heterocycles. The quantitative estimate of drug-likeness (QED) is 0.787. The molecule has 2 rings (SSSR count). The molecular formula is C16H26N2O. The lowest BCUT2D eigenvalue weighted by molar-refractivity contribution is 0.329. The Kier molecular flexibility index (Phi) is 4.94. The minimum Gasteiger partial charge on any atom is -0.492 e. The highest BCUT2D eigenvalue weighted by Gasteiger charge is 2.20. The maximum Gasteiger partial charge on any atom is 0.144 e. The molecule has 1 aliphatic rings. The number of rotatable bonds is 5. The van der Waals surface area contributed by atoms with E-state index in [0.29, 0.717) is 12.6 Å².